The van der Waals surface area contributed by atoms with Crippen molar-refractivity contribution in [1.82, 2.24) is 19.8 Å². The van der Waals surface area contributed by atoms with E-state index in [1.807, 2.05) is 42.0 Å². The van der Waals surface area contributed by atoms with Crippen LogP contribution in [0.1, 0.15) is 61.9 Å². The summed E-state index contributed by atoms with van der Waals surface area (Å²) >= 11 is 1.43. The van der Waals surface area contributed by atoms with Crippen molar-refractivity contribution < 1.29 is 22.8 Å². The van der Waals surface area contributed by atoms with E-state index in [0.29, 0.717) is 29.4 Å². The Morgan fingerprint density at radius 3 is 2.44 bits per heavy atom. The molecule has 0 saturated heterocycles. The molecular weight excluding hydrogens is 562 g/mol. The molecule has 0 atom stereocenters. The van der Waals surface area contributed by atoms with Crippen molar-refractivity contribution >= 4 is 33.7 Å². The van der Waals surface area contributed by atoms with E-state index in [1.165, 1.54) is 18.9 Å². The molecule has 0 spiro atoms. The van der Waals surface area contributed by atoms with Gasteiger partial charge in [-0.15, -0.1) is 11.8 Å². The van der Waals surface area contributed by atoms with Crippen LogP contribution >= 0.6 is 11.8 Å². The Labute approximate surface area is 247 Å². The van der Waals surface area contributed by atoms with Crippen LogP contribution in [0.5, 0.6) is 0 Å². The zero-order chi connectivity index (χ0) is 29.8. The standard InChI is InChI=1S/C29H39N5O5S2/c1-6-9-14-25-31-27(40-5)26(28(35)39-8-3)34(25)20-21-15-17-22(18-16-21)23-12-10-11-13-24(23)41(36,37)33-29(32-38-4)30-19-7-2/h10-13,15-18H,6-9,14,19-20H2,1-5H3,(H2,30,32,33). The van der Waals surface area contributed by atoms with Crippen molar-refractivity contribution in [2.75, 3.05) is 26.5 Å². The summed E-state index contributed by atoms with van der Waals surface area (Å²) in [6.07, 6.45) is 5.36. The minimum absolute atomic E-state index is 0.0146. The number of aromatic nitrogens is 2. The normalized spacial score (nSPS) is 11.9. The van der Waals surface area contributed by atoms with Crippen LogP contribution in [0.15, 0.2) is 63.4 Å². The molecule has 3 aromatic rings. The van der Waals surface area contributed by atoms with E-state index in [4.69, 9.17) is 14.6 Å². The van der Waals surface area contributed by atoms with Gasteiger partial charge in [-0.2, -0.15) is 0 Å². The van der Waals surface area contributed by atoms with Crippen LogP contribution in [-0.2, 0) is 32.6 Å². The van der Waals surface area contributed by atoms with E-state index in [0.717, 1.165) is 42.6 Å². The first-order chi connectivity index (χ1) is 19.8. The van der Waals surface area contributed by atoms with Crippen molar-refractivity contribution in [2.45, 2.75) is 62.9 Å². The van der Waals surface area contributed by atoms with Gasteiger partial charge in [0.2, 0.25) is 5.96 Å². The van der Waals surface area contributed by atoms with Gasteiger partial charge in [-0.25, -0.2) is 28.4 Å². The molecule has 222 valence electrons. The van der Waals surface area contributed by atoms with Crippen LogP contribution in [0.3, 0.4) is 0 Å². The van der Waals surface area contributed by atoms with Crippen LogP contribution in [0.4, 0.5) is 0 Å². The van der Waals surface area contributed by atoms with Gasteiger partial charge in [0.15, 0.2) is 5.69 Å². The third kappa shape index (κ3) is 8.34. The monoisotopic (exact) mass is 601 g/mol. The molecule has 12 heteroatoms. The zero-order valence-electron chi connectivity index (χ0n) is 24.3. The molecule has 1 heterocycles. The Morgan fingerprint density at radius 2 is 1.80 bits per heavy atom. The van der Waals surface area contributed by atoms with Crippen molar-refractivity contribution in [3.8, 4) is 11.1 Å². The Kier molecular flexibility index (Phi) is 12.2. The maximum Gasteiger partial charge on any atom is 0.357 e. The number of nitrogens with zero attached hydrogens (tertiary/aromatic N) is 3. The number of rotatable bonds is 14. The number of aryl methyl sites for hydroxylation is 1. The van der Waals surface area contributed by atoms with Crippen molar-refractivity contribution in [3.05, 3.63) is 65.6 Å². The summed E-state index contributed by atoms with van der Waals surface area (Å²) in [5.41, 5.74) is 5.17. The summed E-state index contributed by atoms with van der Waals surface area (Å²) in [6.45, 7) is 7.00. The Morgan fingerprint density at radius 1 is 1.07 bits per heavy atom. The summed E-state index contributed by atoms with van der Waals surface area (Å²) in [6, 6.07) is 14.4. The minimum Gasteiger partial charge on any atom is -0.461 e. The Bertz CT molecular complexity index is 1440. The summed E-state index contributed by atoms with van der Waals surface area (Å²) in [5, 5.41) is 0.655. The molecule has 41 heavy (non-hydrogen) atoms. The molecule has 3 rings (SSSR count). The number of imidazole rings is 1. The predicted octanol–water partition coefficient (Wildman–Crippen LogP) is 5.03. The smallest absolute Gasteiger partial charge is 0.357 e. The van der Waals surface area contributed by atoms with Gasteiger partial charge < -0.3 is 9.30 Å². The van der Waals surface area contributed by atoms with Crippen LogP contribution in [0.25, 0.3) is 11.1 Å². The molecule has 0 radical (unpaired) electrons. The van der Waals surface area contributed by atoms with E-state index < -0.39 is 10.0 Å². The van der Waals surface area contributed by atoms with Gasteiger partial charge in [0.25, 0.3) is 10.0 Å². The van der Waals surface area contributed by atoms with Gasteiger partial charge in [0.1, 0.15) is 10.9 Å². The number of hydrogen-bond acceptors (Lipinski definition) is 8. The molecule has 2 N–H and O–H groups in total. The molecule has 0 aliphatic carbocycles. The van der Waals surface area contributed by atoms with E-state index in [9.17, 15) is 13.2 Å². The lowest BCUT2D eigenvalue weighted by molar-refractivity contribution is 0.0509. The molecule has 1 aromatic heterocycles. The molecule has 0 aliphatic heterocycles. The van der Waals surface area contributed by atoms with E-state index in [1.54, 1.807) is 31.2 Å². The van der Waals surface area contributed by atoms with Gasteiger partial charge in [0, 0.05) is 25.1 Å². The number of nitrogens with one attached hydrogen (secondary N) is 2. The summed E-state index contributed by atoms with van der Waals surface area (Å²) in [4.78, 5) is 26.9. The second-order valence-corrected chi connectivity index (χ2v) is 11.6. The van der Waals surface area contributed by atoms with Crippen molar-refractivity contribution in [2.24, 2.45) is 4.99 Å². The predicted molar refractivity (Wildman–Crippen MR) is 163 cm³/mol. The lowest BCUT2D eigenvalue weighted by Gasteiger charge is -2.15. The molecule has 0 amide bonds. The maximum absolute atomic E-state index is 13.3. The fourth-order valence-corrected chi connectivity index (χ4v) is 6.00. The number of carbonyl (C=O) groups is 1. The Balaban J connectivity index is 1.95. The first-order valence-electron chi connectivity index (χ1n) is 13.6. The van der Waals surface area contributed by atoms with Gasteiger partial charge in [-0.3, -0.25) is 9.83 Å². The van der Waals surface area contributed by atoms with Crippen LogP contribution in [-0.4, -0.2) is 56.4 Å². The topological polar surface area (TPSA) is 124 Å². The lowest BCUT2D eigenvalue weighted by atomic mass is 10.0. The molecule has 0 saturated carbocycles. The summed E-state index contributed by atoms with van der Waals surface area (Å²) in [5.74, 6) is 0.469. The fourth-order valence-electron chi connectivity index (χ4n) is 4.21. The molecule has 0 fully saturated rings. The molecule has 0 aliphatic rings. The highest BCUT2D eigenvalue weighted by Crippen LogP contribution is 2.29. The summed E-state index contributed by atoms with van der Waals surface area (Å²) in [7, 11) is -2.59. The quantitative estimate of drug-likeness (QED) is 0.0867. The molecular formula is C29H39N5O5S2. The van der Waals surface area contributed by atoms with Crippen LogP contribution < -0.4 is 10.2 Å². The maximum atomic E-state index is 13.3. The second kappa shape index (κ2) is 15.6. The third-order valence-corrected chi connectivity index (χ3v) is 8.20. The van der Waals surface area contributed by atoms with Crippen LogP contribution in [0.2, 0.25) is 0 Å². The van der Waals surface area contributed by atoms with Gasteiger partial charge in [-0.05, 0) is 43.2 Å². The average Bonchev–Trinajstić information content (AvgIpc) is 3.32. The number of hydrogen-bond donors (Lipinski definition) is 2. The van der Waals surface area contributed by atoms with Crippen molar-refractivity contribution in [1.29, 1.82) is 0 Å². The zero-order valence-corrected chi connectivity index (χ0v) is 25.9. The fraction of sp³-hybridized carbons (Fsp3) is 0.414. The number of ether oxygens (including phenoxy) is 1. The van der Waals surface area contributed by atoms with Gasteiger partial charge in [-0.1, -0.05) is 62.7 Å². The van der Waals surface area contributed by atoms with Gasteiger partial charge in [0.05, 0.1) is 18.6 Å². The molecule has 10 nitrogen and oxygen atoms in total. The number of aliphatic imine (C=N–C) groups is 1. The van der Waals surface area contributed by atoms with E-state index in [-0.39, 0.29) is 23.4 Å². The number of esters is 1. The number of sulfonamides is 1. The SMILES string of the molecule is CCCCc1nc(SC)c(C(=O)OCC)n1Cc1ccc(-c2ccccc2S(=O)(=O)NC(=NCCC)NOC)cc1. The largest absolute Gasteiger partial charge is 0.461 e. The number of unbranched alkanes of at least 4 members (excludes halogenated alkanes) is 1. The number of carbonyl (C=O) groups excluding carboxylic acids is 1. The average molecular weight is 602 g/mol. The molecule has 2 aromatic carbocycles. The van der Waals surface area contributed by atoms with Gasteiger partial charge >= 0.3 is 5.97 Å². The van der Waals surface area contributed by atoms with E-state index >= 15 is 0 Å². The van der Waals surface area contributed by atoms with Crippen LogP contribution in [0, 0.1) is 0 Å². The summed E-state index contributed by atoms with van der Waals surface area (Å²) < 4.78 is 36.5. The molecule has 0 bridgehead atoms. The van der Waals surface area contributed by atoms with Crippen molar-refractivity contribution in [3.63, 3.8) is 0 Å². The molecule has 0 unspecified atom stereocenters. The Hall–Kier alpha value is -3.35. The highest BCUT2D eigenvalue weighted by molar-refractivity contribution is 7.98. The highest BCUT2D eigenvalue weighted by Gasteiger charge is 2.24. The van der Waals surface area contributed by atoms with E-state index in [2.05, 4.69) is 22.1 Å². The lowest BCUT2D eigenvalue weighted by Crippen LogP contribution is -2.40. The first-order valence-corrected chi connectivity index (χ1v) is 16.3. The number of guanidine groups is 1. The number of thioether (sulfide) groups is 1. The highest BCUT2D eigenvalue weighted by atomic mass is 32.2. The number of hydroxylamine groups is 1. The number of benzene rings is 2. The third-order valence-electron chi connectivity index (χ3n) is 6.14. The minimum atomic E-state index is -3.97. The second-order valence-electron chi connectivity index (χ2n) is 9.13. The first kappa shape index (κ1) is 32.2.